The number of hydrogen-bond acceptors (Lipinski definition) is 2. The van der Waals surface area contributed by atoms with Crippen molar-refractivity contribution in [1.82, 2.24) is 9.13 Å². The van der Waals surface area contributed by atoms with Crippen molar-refractivity contribution < 1.29 is 0 Å². The van der Waals surface area contributed by atoms with E-state index in [9.17, 15) is 4.79 Å². The van der Waals surface area contributed by atoms with E-state index in [-0.39, 0.29) is 5.69 Å². The van der Waals surface area contributed by atoms with Crippen molar-refractivity contribution in [2.24, 2.45) is 5.92 Å². The summed E-state index contributed by atoms with van der Waals surface area (Å²) in [4.78, 5) is 11.7. The molecule has 0 saturated heterocycles. The lowest BCUT2D eigenvalue weighted by Crippen LogP contribution is -2.26. The zero-order valence-corrected chi connectivity index (χ0v) is 9.70. The largest absolute Gasteiger partial charge is 0.328 e. The minimum atomic E-state index is 0.0905. The van der Waals surface area contributed by atoms with Crippen LogP contribution in [0.15, 0.2) is 17.2 Å². The molecule has 1 aromatic rings. The van der Waals surface area contributed by atoms with E-state index in [4.69, 9.17) is 0 Å². The van der Waals surface area contributed by atoms with Gasteiger partial charge in [0.05, 0.1) is 0 Å². The highest BCUT2D eigenvalue weighted by Crippen LogP contribution is 2.06. The van der Waals surface area contributed by atoms with Gasteiger partial charge in [-0.1, -0.05) is 13.3 Å². The summed E-state index contributed by atoms with van der Waals surface area (Å²) >= 11 is 4.27. The van der Waals surface area contributed by atoms with Crippen LogP contribution in [0.3, 0.4) is 0 Å². The quantitative estimate of drug-likeness (QED) is 0.741. The van der Waals surface area contributed by atoms with Crippen LogP contribution in [0.5, 0.6) is 0 Å². The zero-order chi connectivity index (χ0) is 10.6. The number of thiol groups is 1. The summed E-state index contributed by atoms with van der Waals surface area (Å²) in [5.74, 6) is 1.32. The first-order valence-electron chi connectivity index (χ1n) is 5.09. The minimum absolute atomic E-state index is 0.0905. The Morgan fingerprint density at radius 3 is 2.43 bits per heavy atom. The fourth-order valence-corrected chi connectivity index (χ4v) is 1.80. The van der Waals surface area contributed by atoms with Gasteiger partial charge in [0.15, 0.2) is 0 Å². The molecule has 0 aliphatic carbocycles. The third-order valence-electron chi connectivity index (χ3n) is 2.55. The third kappa shape index (κ3) is 2.44. The van der Waals surface area contributed by atoms with Crippen LogP contribution in [0.1, 0.15) is 20.3 Å². The Hall–Kier alpha value is -0.640. The Bertz CT molecular complexity index is 325. The average Bonchev–Trinajstić information content (AvgIpc) is 2.56. The van der Waals surface area contributed by atoms with Crippen molar-refractivity contribution in [3.63, 3.8) is 0 Å². The monoisotopic (exact) mass is 214 g/mol. The third-order valence-corrected chi connectivity index (χ3v) is 3.07. The molecule has 0 radical (unpaired) electrons. The average molecular weight is 214 g/mol. The molecule has 4 heteroatoms. The van der Waals surface area contributed by atoms with Gasteiger partial charge in [0.1, 0.15) is 0 Å². The van der Waals surface area contributed by atoms with Crippen molar-refractivity contribution in [2.75, 3.05) is 5.75 Å². The molecule has 1 rings (SSSR count). The highest BCUT2D eigenvalue weighted by molar-refractivity contribution is 7.80. The molecule has 1 unspecified atom stereocenters. The molecule has 0 spiro atoms. The van der Waals surface area contributed by atoms with Crippen molar-refractivity contribution in [2.45, 2.75) is 33.4 Å². The van der Waals surface area contributed by atoms with E-state index in [2.05, 4.69) is 19.6 Å². The molecule has 80 valence electrons. The molecule has 0 N–H and O–H groups in total. The van der Waals surface area contributed by atoms with Gasteiger partial charge in [-0.3, -0.25) is 9.13 Å². The number of nitrogens with zero attached hydrogens (tertiary/aromatic N) is 2. The summed E-state index contributed by atoms with van der Waals surface area (Å²) < 4.78 is 3.49. The van der Waals surface area contributed by atoms with Crippen molar-refractivity contribution in [3.05, 3.63) is 22.9 Å². The van der Waals surface area contributed by atoms with Gasteiger partial charge >= 0.3 is 5.69 Å². The van der Waals surface area contributed by atoms with Crippen LogP contribution in [-0.2, 0) is 13.1 Å². The van der Waals surface area contributed by atoms with E-state index < -0.39 is 0 Å². The van der Waals surface area contributed by atoms with Crippen molar-refractivity contribution in [1.29, 1.82) is 0 Å². The van der Waals surface area contributed by atoms with E-state index in [0.29, 0.717) is 5.92 Å². The molecular formula is C10H18N2OS. The predicted molar refractivity (Wildman–Crippen MR) is 62.0 cm³/mol. The number of rotatable bonds is 5. The molecule has 0 aromatic carbocycles. The highest BCUT2D eigenvalue weighted by Gasteiger charge is 2.07. The molecule has 14 heavy (non-hydrogen) atoms. The molecule has 0 amide bonds. The van der Waals surface area contributed by atoms with Crippen LogP contribution in [0.4, 0.5) is 0 Å². The molecule has 3 nitrogen and oxygen atoms in total. The molecule has 1 heterocycles. The van der Waals surface area contributed by atoms with Crippen molar-refractivity contribution in [3.8, 4) is 0 Å². The summed E-state index contributed by atoms with van der Waals surface area (Å²) in [6, 6.07) is 0. The molecule has 1 aromatic heterocycles. The molecule has 0 aliphatic rings. The summed E-state index contributed by atoms with van der Waals surface area (Å²) in [5.41, 5.74) is 0.0905. The molecule has 0 saturated carbocycles. The second kappa shape index (κ2) is 5.29. The van der Waals surface area contributed by atoms with Gasteiger partial charge in [0.25, 0.3) is 0 Å². The lowest BCUT2D eigenvalue weighted by atomic mass is 10.1. The first-order chi connectivity index (χ1) is 6.72. The van der Waals surface area contributed by atoms with E-state index in [0.717, 1.165) is 25.3 Å². The molecular weight excluding hydrogens is 196 g/mol. The van der Waals surface area contributed by atoms with E-state index in [1.807, 2.05) is 19.3 Å². The van der Waals surface area contributed by atoms with Gasteiger partial charge in [-0.25, -0.2) is 4.79 Å². The maximum Gasteiger partial charge on any atom is 0.328 e. The van der Waals surface area contributed by atoms with Gasteiger partial charge in [-0.2, -0.15) is 12.6 Å². The first-order valence-corrected chi connectivity index (χ1v) is 5.72. The van der Waals surface area contributed by atoms with Gasteiger partial charge in [-0.15, -0.1) is 0 Å². The first kappa shape index (κ1) is 11.4. The fraction of sp³-hybridized carbons (Fsp3) is 0.700. The van der Waals surface area contributed by atoms with Crippen LogP contribution in [0, 0.1) is 5.92 Å². The van der Waals surface area contributed by atoms with Gasteiger partial charge in [0, 0.05) is 25.5 Å². The topological polar surface area (TPSA) is 26.9 Å². The maximum absolute atomic E-state index is 11.7. The second-order valence-electron chi connectivity index (χ2n) is 3.48. The Morgan fingerprint density at radius 2 is 2.00 bits per heavy atom. The second-order valence-corrected chi connectivity index (χ2v) is 3.84. The van der Waals surface area contributed by atoms with Crippen LogP contribution in [0.25, 0.3) is 0 Å². The zero-order valence-electron chi connectivity index (χ0n) is 8.81. The Labute approximate surface area is 90.2 Å². The number of imidazole rings is 1. The van der Waals surface area contributed by atoms with Crippen LogP contribution in [-0.4, -0.2) is 14.9 Å². The van der Waals surface area contributed by atoms with E-state index in [1.54, 1.807) is 9.13 Å². The smallest absolute Gasteiger partial charge is 0.300 e. The van der Waals surface area contributed by atoms with Crippen LogP contribution >= 0.6 is 12.6 Å². The predicted octanol–water partition coefficient (Wildman–Crippen LogP) is 1.63. The normalized spacial score (nSPS) is 13.1. The summed E-state index contributed by atoms with van der Waals surface area (Å²) in [6.07, 6.45) is 4.76. The SMILES string of the molecule is CCC(CS)Cn1ccn(CC)c1=O. The lowest BCUT2D eigenvalue weighted by molar-refractivity contribution is 0.463. The van der Waals surface area contributed by atoms with Gasteiger partial charge in [-0.05, 0) is 18.6 Å². The number of aromatic nitrogens is 2. The Balaban J connectivity index is 2.76. The molecule has 0 aliphatic heterocycles. The fourth-order valence-electron chi connectivity index (χ4n) is 1.43. The molecule has 1 atom stereocenters. The minimum Gasteiger partial charge on any atom is -0.300 e. The van der Waals surface area contributed by atoms with E-state index >= 15 is 0 Å². The van der Waals surface area contributed by atoms with Crippen molar-refractivity contribution >= 4 is 12.6 Å². The van der Waals surface area contributed by atoms with Gasteiger partial charge in [0.2, 0.25) is 0 Å². The number of aryl methyl sites for hydroxylation is 1. The Kier molecular flexibility index (Phi) is 4.32. The summed E-state index contributed by atoms with van der Waals surface area (Å²) in [7, 11) is 0. The van der Waals surface area contributed by atoms with Crippen LogP contribution < -0.4 is 5.69 Å². The summed E-state index contributed by atoms with van der Waals surface area (Å²) in [6.45, 7) is 5.62. The Morgan fingerprint density at radius 1 is 1.36 bits per heavy atom. The molecule has 0 bridgehead atoms. The summed E-state index contributed by atoms with van der Waals surface area (Å²) in [5, 5.41) is 0. The number of hydrogen-bond donors (Lipinski definition) is 1. The van der Waals surface area contributed by atoms with E-state index in [1.165, 1.54) is 0 Å². The maximum atomic E-state index is 11.7. The molecule has 0 fully saturated rings. The lowest BCUT2D eigenvalue weighted by Gasteiger charge is -2.11. The highest BCUT2D eigenvalue weighted by atomic mass is 32.1. The van der Waals surface area contributed by atoms with Crippen LogP contribution in [0.2, 0.25) is 0 Å². The van der Waals surface area contributed by atoms with Gasteiger partial charge < -0.3 is 0 Å². The standard InChI is InChI=1S/C10H18N2OS/c1-3-9(8-14)7-12-6-5-11(4-2)10(12)13/h5-6,9,14H,3-4,7-8H2,1-2H3.